The van der Waals surface area contributed by atoms with Gasteiger partial charge in [0.05, 0.1) is 6.26 Å². The topological polar surface area (TPSA) is 51.2 Å². The van der Waals surface area contributed by atoms with Gasteiger partial charge in [-0.3, -0.25) is 5.84 Å². The van der Waals surface area contributed by atoms with Gasteiger partial charge in [0.2, 0.25) is 0 Å². The molecule has 1 atom stereocenters. The molecule has 0 saturated heterocycles. The first kappa shape index (κ1) is 11.9. The van der Waals surface area contributed by atoms with Gasteiger partial charge < -0.3 is 4.42 Å². The van der Waals surface area contributed by atoms with Crippen molar-refractivity contribution in [1.29, 1.82) is 0 Å². The summed E-state index contributed by atoms with van der Waals surface area (Å²) in [6, 6.07) is 10.3. The average molecular weight is 230 g/mol. The molecule has 0 aliphatic carbocycles. The zero-order valence-electron chi connectivity index (χ0n) is 10.2. The van der Waals surface area contributed by atoms with E-state index in [1.165, 1.54) is 5.56 Å². The number of rotatable bonds is 4. The summed E-state index contributed by atoms with van der Waals surface area (Å²) in [4.78, 5) is 0. The predicted octanol–water partition coefficient (Wildman–Crippen LogP) is 2.70. The molecule has 90 valence electrons. The fourth-order valence-electron chi connectivity index (χ4n) is 2.00. The third-order valence-electron chi connectivity index (χ3n) is 3.02. The van der Waals surface area contributed by atoms with Crippen LogP contribution in [0.3, 0.4) is 0 Å². The van der Waals surface area contributed by atoms with Gasteiger partial charge in [-0.05, 0) is 36.1 Å². The van der Waals surface area contributed by atoms with E-state index < -0.39 is 0 Å². The van der Waals surface area contributed by atoms with E-state index in [2.05, 4.69) is 36.6 Å². The van der Waals surface area contributed by atoms with Gasteiger partial charge in [-0.2, -0.15) is 0 Å². The van der Waals surface area contributed by atoms with Gasteiger partial charge in [-0.15, -0.1) is 0 Å². The highest BCUT2D eigenvalue weighted by atomic mass is 16.3. The zero-order valence-corrected chi connectivity index (χ0v) is 10.2. The number of benzene rings is 1. The van der Waals surface area contributed by atoms with Crippen LogP contribution >= 0.6 is 0 Å². The predicted molar refractivity (Wildman–Crippen MR) is 68.4 cm³/mol. The van der Waals surface area contributed by atoms with Crippen LogP contribution < -0.4 is 11.3 Å². The molecule has 0 bridgehead atoms. The molecule has 3 nitrogen and oxygen atoms in total. The summed E-state index contributed by atoms with van der Waals surface area (Å²) in [7, 11) is 0. The van der Waals surface area contributed by atoms with Crippen LogP contribution in [0.15, 0.2) is 41.0 Å². The van der Waals surface area contributed by atoms with Crippen molar-refractivity contribution in [2.75, 3.05) is 0 Å². The summed E-state index contributed by atoms with van der Waals surface area (Å²) >= 11 is 0. The van der Waals surface area contributed by atoms with E-state index >= 15 is 0 Å². The summed E-state index contributed by atoms with van der Waals surface area (Å²) in [5.41, 5.74) is 6.35. The standard InChI is InChI=1S/C14H18N2O/c1-3-11-5-4-6-12(9-11)13(16-15)14-10(2)7-8-17-14/h4-9,13,16H,3,15H2,1-2H3. The molecule has 2 rings (SSSR count). The van der Waals surface area contributed by atoms with Crippen LogP contribution in [-0.4, -0.2) is 0 Å². The minimum absolute atomic E-state index is 0.0866. The first-order valence-corrected chi connectivity index (χ1v) is 5.85. The summed E-state index contributed by atoms with van der Waals surface area (Å²) in [5.74, 6) is 6.52. The van der Waals surface area contributed by atoms with Gasteiger partial charge in [0.15, 0.2) is 0 Å². The van der Waals surface area contributed by atoms with Crippen LogP contribution in [0.1, 0.15) is 35.4 Å². The largest absolute Gasteiger partial charge is 0.467 e. The highest BCUT2D eigenvalue weighted by Crippen LogP contribution is 2.25. The third-order valence-corrected chi connectivity index (χ3v) is 3.02. The summed E-state index contributed by atoms with van der Waals surface area (Å²) < 4.78 is 5.50. The SMILES string of the molecule is CCc1cccc(C(NN)c2occc2C)c1. The first-order chi connectivity index (χ1) is 8.26. The Kier molecular flexibility index (Phi) is 3.61. The van der Waals surface area contributed by atoms with Gasteiger partial charge in [-0.1, -0.05) is 31.2 Å². The third kappa shape index (κ3) is 2.40. The van der Waals surface area contributed by atoms with Crippen LogP contribution in [0.2, 0.25) is 0 Å². The molecule has 17 heavy (non-hydrogen) atoms. The van der Waals surface area contributed by atoms with E-state index in [0.717, 1.165) is 23.3 Å². The zero-order chi connectivity index (χ0) is 12.3. The highest BCUT2D eigenvalue weighted by molar-refractivity contribution is 5.33. The van der Waals surface area contributed by atoms with Gasteiger partial charge in [0.1, 0.15) is 11.8 Å². The van der Waals surface area contributed by atoms with E-state index in [1.807, 2.05) is 13.0 Å². The molecule has 0 spiro atoms. The van der Waals surface area contributed by atoms with Crippen molar-refractivity contribution >= 4 is 0 Å². The van der Waals surface area contributed by atoms with Crippen molar-refractivity contribution in [3.05, 3.63) is 59.0 Å². The molecule has 0 amide bonds. The molecule has 1 aromatic heterocycles. The minimum atomic E-state index is -0.0866. The number of nitrogens with two attached hydrogens (primary N) is 1. The summed E-state index contributed by atoms with van der Waals surface area (Å²) in [5, 5.41) is 0. The van der Waals surface area contributed by atoms with Crippen LogP contribution in [0.25, 0.3) is 0 Å². The number of hydrogen-bond donors (Lipinski definition) is 2. The number of hydrogen-bond acceptors (Lipinski definition) is 3. The van der Waals surface area contributed by atoms with Gasteiger partial charge in [0.25, 0.3) is 0 Å². The Balaban J connectivity index is 2.38. The normalized spacial score (nSPS) is 12.6. The molecule has 1 aromatic carbocycles. The molecule has 0 aliphatic heterocycles. The summed E-state index contributed by atoms with van der Waals surface area (Å²) in [6.07, 6.45) is 2.71. The molecule has 3 N–H and O–H groups in total. The smallest absolute Gasteiger partial charge is 0.129 e. The Labute approximate surface area is 102 Å². The Morgan fingerprint density at radius 3 is 2.76 bits per heavy atom. The quantitative estimate of drug-likeness (QED) is 0.627. The molecular formula is C14H18N2O. The molecule has 3 heteroatoms. The Morgan fingerprint density at radius 2 is 2.18 bits per heavy atom. The van der Waals surface area contributed by atoms with Gasteiger partial charge >= 0.3 is 0 Å². The van der Waals surface area contributed by atoms with Crippen LogP contribution in [-0.2, 0) is 6.42 Å². The number of aryl methyl sites for hydroxylation is 2. The van der Waals surface area contributed by atoms with Crippen molar-refractivity contribution in [2.45, 2.75) is 26.3 Å². The average Bonchev–Trinajstić information content (AvgIpc) is 2.77. The highest BCUT2D eigenvalue weighted by Gasteiger charge is 2.17. The van der Waals surface area contributed by atoms with E-state index in [1.54, 1.807) is 6.26 Å². The molecule has 0 fully saturated rings. The minimum Gasteiger partial charge on any atom is -0.467 e. The van der Waals surface area contributed by atoms with Crippen LogP contribution in [0.4, 0.5) is 0 Å². The maximum absolute atomic E-state index is 5.65. The molecule has 0 aliphatic rings. The van der Waals surface area contributed by atoms with Crippen molar-refractivity contribution in [3.8, 4) is 0 Å². The Hall–Kier alpha value is -1.58. The number of furan rings is 1. The fraction of sp³-hybridized carbons (Fsp3) is 0.286. The lowest BCUT2D eigenvalue weighted by atomic mass is 10.00. The number of hydrazine groups is 1. The van der Waals surface area contributed by atoms with Crippen LogP contribution in [0, 0.1) is 6.92 Å². The van der Waals surface area contributed by atoms with E-state index in [0.29, 0.717) is 0 Å². The second-order valence-corrected chi connectivity index (χ2v) is 4.17. The molecule has 1 unspecified atom stereocenters. The molecular weight excluding hydrogens is 212 g/mol. The molecule has 2 aromatic rings. The maximum atomic E-state index is 5.65. The van der Waals surface area contributed by atoms with E-state index in [4.69, 9.17) is 10.3 Å². The first-order valence-electron chi connectivity index (χ1n) is 5.85. The molecule has 0 saturated carbocycles. The lowest BCUT2D eigenvalue weighted by molar-refractivity contribution is 0.449. The Bertz CT molecular complexity index is 490. The fourth-order valence-corrected chi connectivity index (χ4v) is 2.00. The molecule has 0 radical (unpaired) electrons. The summed E-state index contributed by atoms with van der Waals surface area (Å²) in [6.45, 7) is 4.16. The van der Waals surface area contributed by atoms with Gasteiger partial charge in [0, 0.05) is 0 Å². The van der Waals surface area contributed by atoms with Crippen molar-refractivity contribution in [2.24, 2.45) is 5.84 Å². The van der Waals surface area contributed by atoms with Crippen molar-refractivity contribution < 1.29 is 4.42 Å². The monoisotopic (exact) mass is 230 g/mol. The number of nitrogens with one attached hydrogen (secondary N) is 1. The second kappa shape index (κ2) is 5.17. The van der Waals surface area contributed by atoms with Crippen molar-refractivity contribution in [1.82, 2.24) is 5.43 Å². The van der Waals surface area contributed by atoms with Crippen molar-refractivity contribution in [3.63, 3.8) is 0 Å². The van der Waals surface area contributed by atoms with E-state index in [9.17, 15) is 0 Å². The second-order valence-electron chi connectivity index (χ2n) is 4.17. The van der Waals surface area contributed by atoms with E-state index in [-0.39, 0.29) is 6.04 Å². The van der Waals surface area contributed by atoms with Gasteiger partial charge in [-0.25, -0.2) is 5.43 Å². The lowest BCUT2D eigenvalue weighted by Crippen LogP contribution is -2.29. The Morgan fingerprint density at radius 1 is 1.35 bits per heavy atom. The molecule has 1 heterocycles. The lowest BCUT2D eigenvalue weighted by Gasteiger charge is -2.15. The maximum Gasteiger partial charge on any atom is 0.129 e. The van der Waals surface area contributed by atoms with Crippen LogP contribution in [0.5, 0.6) is 0 Å².